The molecule has 37 heavy (non-hydrogen) atoms. The van der Waals surface area contributed by atoms with E-state index in [4.69, 9.17) is 9.47 Å². The van der Waals surface area contributed by atoms with E-state index in [0.29, 0.717) is 38.9 Å². The van der Waals surface area contributed by atoms with Gasteiger partial charge in [-0.25, -0.2) is 0 Å². The molecule has 14 heteroatoms. The molecule has 0 unspecified atom stereocenters. The molecule has 1 N–H and O–H groups in total. The third-order valence-electron chi connectivity index (χ3n) is 4.78. The molecule has 0 saturated carbocycles. The summed E-state index contributed by atoms with van der Waals surface area (Å²) in [6.45, 7) is 2.22. The first kappa shape index (κ1) is 27.6. The molecule has 0 amide bonds. The summed E-state index contributed by atoms with van der Waals surface area (Å²) in [6, 6.07) is 11.3. The summed E-state index contributed by atoms with van der Waals surface area (Å²) in [5.41, 5.74) is 1.47. The largest absolute Gasteiger partial charge is 0.490 e. The Morgan fingerprint density at radius 1 is 1.03 bits per heavy atom. The van der Waals surface area contributed by atoms with Crippen LogP contribution in [-0.4, -0.2) is 22.7 Å². The van der Waals surface area contributed by atoms with Gasteiger partial charge in [-0.15, -0.1) is 0 Å². The zero-order chi connectivity index (χ0) is 27.2. The number of benzene rings is 3. The Bertz CT molecular complexity index is 1330. The molecule has 10 nitrogen and oxygen atoms in total. The van der Waals surface area contributed by atoms with Gasteiger partial charge in [-0.3, -0.25) is 25.7 Å². The van der Waals surface area contributed by atoms with Crippen LogP contribution in [0.25, 0.3) is 0 Å². The van der Waals surface area contributed by atoms with Gasteiger partial charge in [0.2, 0.25) is 0 Å². The van der Waals surface area contributed by atoms with Crippen molar-refractivity contribution in [2.75, 3.05) is 12.0 Å². The van der Waals surface area contributed by atoms with Crippen molar-refractivity contribution >= 4 is 45.9 Å². The second-order valence-corrected chi connectivity index (χ2v) is 8.49. The van der Waals surface area contributed by atoms with Crippen molar-refractivity contribution in [2.45, 2.75) is 19.7 Å². The molecule has 3 aromatic carbocycles. The summed E-state index contributed by atoms with van der Waals surface area (Å²) < 4.78 is 50.8. The molecule has 0 saturated heterocycles. The summed E-state index contributed by atoms with van der Waals surface area (Å²) >= 11 is 2.02. The number of nitrogens with zero attached hydrogens (tertiary/aromatic N) is 3. The number of hydrogen-bond donors (Lipinski definition) is 1. The van der Waals surface area contributed by atoms with E-state index < -0.39 is 27.3 Å². The Balaban J connectivity index is 1.78. The van der Waals surface area contributed by atoms with Gasteiger partial charge in [0.1, 0.15) is 12.3 Å². The Hall–Kier alpha value is -3.95. The number of nitro benzene ring substituents is 2. The van der Waals surface area contributed by atoms with Crippen LogP contribution in [0, 0.1) is 23.8 Å². The van der Waals surface area contributed by atoms with Crippen LogP contribution in [0.5, 0.6) is 11.5 Å². The van der Waals surface area contributed by atoms with Crippen molar-refractivity contribution in [2.24, 2.45) is 5.10 Å². The number of hydrogen-bond acceptors (Lipinski definition) is 8. The highest BCUT2D eigenvalue weighted by Gasteiger charge is 2.33. The Morgan fingerprint density at radius 2 is 1.73 bits per heavy atom. The van der Waals surface area contributed by atoms with Crippen LogP contribution < -0.4 is 14.9 Å². The lowest BCUT2D eigenvalue weighted by Crippen LogP contribution is -2.06. The fourth-order valence-electron chi connectivity index (χ4n) is 3.06. The van der Waals surface area contributed by atoms with Gasteiger partial charge in [0, 0.05) is 18.2 Å². The van der Waals surface area contributed by atoms with E-state index in [1.165, 1.54) is 18.3 Å². The van der Waals surface area contributed by atoms with E-state index in [9.17, 15) is 33.4 Å². The number of alkyl halides is 3. The van der Waals surface area contributed by atoms with Gasteiger partial charge in [0.05, 0.1) is 31.8 Å². The molecule has 3 aromatic rings. The molecule has 3 rings (SSSR count). The molecular formula is C23H18F3IN4O6. The van der Waals surface area contributed by atoms with Gasteiger partial charge in [0.15, 0.2) is 11.5 Å². The van der Waals surface area contributed by atoms with Gasteiger partial charge in [-0.2, -0.15) is 18.3 Å². The predicted octanol–water partition coefficient (Wildman–Crippen LogP) is 6.55. The van der Waals surface area contributed by atoms with E-state index in [1.807, 2.05) is 22.6 Å². The molecule has 0 fully saturated rings. The summed E-state index contributed by atoms with van der Waals surface area (Å²) in [5.74, 6) is 0.822. The number of non-ortho nitro benzene ring substituents is 1. The van der Waals surface area contributed by atoms with Crippen molar-refractivity contribution in [3.05, 3.63) is 95.1 Å². The van der Waals surface area contributed by atoms with Crippen molar-refractivity contribution in [3.8, 4) is 11.5 Å². The molecule has 0 aromatic heterocycles. The maximum Gasteiger partial charge on any atom is 0.416 e. The van der Waals surface area contributed by atoms with Crippen LogP contribution in [0.2, 0.25) is 0 Å². The lowest BCUT2D eigenvalue weighted by molar-refractivity contribution is -0.384. The van der Waals surface area contributed by atoms with Crippen LogP contribution in [0.1, 0.15) is 23.6 Å². The van der Waals surface area contributed by atoms with E-state index in [0.717, 1.165) is 12.1 Å². The number of hydrazone groups is 1. The van der Waals surface area contributed by atoms with Gasteiger partial charge in [0.25, 0.3) is 11.4 Å². The molecule has 0 aliphatic carbocycles. The van der Waals surface area contributed by atoms with Gasteiger partial charge in [-0.05, 0) is 77.0 Å². The minimum atomic E-state index is -4.72. The molecule has 0 aliphatic rings. The molecule has 0 atom stereocenters. The quantitative estimate of drug-likeness (QED) is 0.116. The number of nitro groups is 2. The smallest absolute Gasteiger partial charge is 0.416 e. The topological polar surface area (TPSA) is 129 Å². The second kappa shape index (κ2) is 11.9. The first-order valence-electron chi connectivity index (χ1n) is 10.5. The number of nitrogens with one attached hydrogen (secondary N) is 1. The van der Waals surface area contributed by atoms with E-state index in [-0.39, 0.29) is 18.0 Å². The Labute approximate surface area is 221 Å². The van der Waals surface area contributed by atoms with E-state index >= 15 is 0 Å². The van der Waals surface area contributed by atoms with E-state index in [1.54, 1.807) is 31.2 Å². The van der Waals surface area contributed by atoms with Gasteiger partial charge in [-0.1, -0.05) is 0 Å². The minimum absolute atomic E-state index is 0.0350. The average molecular weight is 630 g/mol. The SMILES string of the molecule is CCOc1cc(/C=N\Nc2ccc(C(F)(F)F)cc2[N+](=O)[O-])cc(I)c1OCc1ccc([N+](=O)[O-])cc1. The highest BCUT2D eigenvalue weighted by atomic mass is 127. The fraction of sp³-hybridized carbons (Fsp3) is 0.174. The Kier molecular flexibility index (Phi) is 8.86. The molecular weight excluding hydrogens is 612 g/mol. The first-order chi connectivity index (χ1) is 17.5. The molecule has 0 bridgehead atoms. The van der Waals surface area contributed by atoms with Crippen molar-refractivity contribution in [1.29, 1.82) is 0 Å². The molecule has 0 spiro atoms. The summed E-state index contributed by atoms with van der Waals surface area (Å²) in [5, 5.41) is 26.0. The number of rotatable bonds is 10. The minimum Gasteiger partial charge on any atom is -0.490 e. The lowest BCUT2D eigenvalue weighted by atomic mass is 10.1. The second-order valence-electron chi connectivity index (χ2n) is 7.33. The van der Waals surface area contributed by atoms with Crippen molar-refractivity contribution in [3.63, 3.8) is 0 Å². The average Bonchev–Trinajstić information content (AvgIpc) is 2.83. The third-order valence-corrected chi connectivity index (χ3v) is 5.58. The van der Waals surface area contributed by atoms with Crippen LogP contribution in [0.3, 0.4) is 0 Å². The highest BCUT2D eigenvalue weighted by Crippen LogP contribution is 2.36. The summed E-state index contributed by atoms with van der Waals surface area (Å²) in [6.07, 6.45) is -3.40. The summed E-state index contributed by atoms with van der Waals surface area (Å²) in [7, 11) is 0. The fourth-order valence-corrected chi connectivity index (χ4v) is 3.85. The molecule has 0 aliphatic heterocycles. The van der Waals surface area contributed by atoms with Crippen LogP contribution in [-0.2, 0) is 12.8 Å². The number of halogens is 4. The van der Waals surface area contributed by atoms with Crippen LogP contribution in [0.15, 0.2) is 59.7 Å². The van der Waals surface area contributed by atoms with Crippen molar-refractivity contribution in [1.82, 2.24) is 0 Å². The van der Waals surface area contributed by atoms with Crippen LogP contribution >= 0.6 is 22.6 Å². The zero-order valence-electron chi connectivity index (χ0n) is 19.0. The maximum atomic E-state index is 12.9. The predicted molar refractivity (Wildman–Crippen MR) is 137 cm³/mol. The molecule has 0 heterocycles. The first-order valence-corrected chi connectivity index (χ1v) is 11.5. The number of ether oxygens (including phenoxy) is 2. The standard InChI is InChI=1S/C23H18F3IN4O6/c1-2-36-21-10-15(9-18(27)22(21)37-13-14-3-6-17(7-4-14)30(32)33)12-28-29-19-8-5-16(23(24,25)26)11-20(19)31(34)35/h3-12,29H,2,13H2,1H3/b28-12-. The van der Waals surface area contributed by atoms with Gasteiger partial charge < -0.3 is 9.47 Å². The van der Waals surface area contributed by atoms with Crippen molar-refractivity contribution < 1.29 is 32.5 Å². The summed E-state index contributed by atoms with van der Waals surface area (Å²) in [4.78, 5) is 20.6. The van der Waals surface area contributed by atoms with Gasteiger partial charge >= 0.3 is 6.18 Å². The molecule has 194 valence electrons. The Morgan fingerprint density at radius 3 is 2.32 bits per heavy atom. The number of anilines is 1. The maximum absolute atomic E-state index is 12.9. The highest BCUT2D eigenvalue weighted by molar-refractivity contribution is 14.1. The normalized spacial score (nSPS) is 11.4. The molecule has 0 radical (unpaired) electrons. The lowest BCUT2D eigenvalue weighted by Gasteiger charge is -2.15. The van der Waals surface area contributed by atoms with Crippen LogP contribution in [0.4, 0.5) is 30.2 Å². The zero-order valence-corrected chi connectivity index (χ0v) is 21.1. The third kappa shape index (κ3) is 7.28. The van der Waals surface area contributed by atoms with E-state index in [2.05, 4.69) is 10.5 Å². The monoisotopic (exact) mass is 630 g/mol.